The van der Waals surface area contributed by atoms with E-state index in [1.54, 1.807) is 32.4 Å². The van der Waals surface area contributed by atoms with Gasteiger partial charge in [0.25, 0.3) is 21.9 Å². The summed E-state index contributed by atoms with van der Waals surface area (Å²) in [6, 6.07) is 26.9. The normalized spacial score (nSPS) is 17.8. The third-order valence-electron chi connectivity index (χ3n) is 13.2. The summed E-state index contributed by atoms with van der Waals surface area (Å²) < 4.78 is 77.6. The molecule has 2 amide bonds. The van der Waals surface area contributed by atoms with Gasteiger partial charge in [0.2, 0.25) is 0 Å². The van der Waals surface area contributed by atoms with E-state index in [1.165, 1.54) is 24.1 Å². The van der Waals surface area contributed by atoms with Gasteiger partial charge in [0.1, 0.15) is 13.2 Å². The van der Waals surface area contributed by atoms with Gasteiger partial charge < -0.3 is 58.5 Å². The minimum atomic E-state index is -4.72. The maximum Gasteiger partial charge on any atom is 0.288 e. The molecular formula is C53H61N5O12S2. The Morgan fingerprint density at radius 3 is 1.88 bits per heavy atom. The van der Waals surface area contributed by atoms with Crippen LogP contribution in [0.15, 0.2) is 91.0 Å². The summed E-state index contributed by atoms with van der Waals surface area (Å²) in [5.41, 5.74) is 7.25. The predicted octanol–water partition coefficient (Wildman–Crippen LogP) is 7.26. The first-order chi connectivity index (χ1) is 34.6. The Bertz CT molecular complexity index is 2930. The van der Waals surface area contributed by atoms with E-state index in [9.17, 15) is 22.6 Å². The Morgan fingerprint density at radius 1 is 0.708 bits per heavy atom. The maximum atomic E-state index is 14.3. The van der Waals surface area contributed by atoms with Crippen LogP contribution in [-0.4, -0.2) is 121 Å². The predicted molar refractivity (Wildman–Crippen MR) is 279 cm³/mol. The molecule has 9 rings (SSSR count). The Balaban J connectivity index is 1.01. The zero-order chi connectivity index (χ0) is 50.7. The molecule has 0 spiro atoms. The lowest BCUT2D eigenvalue weighted by Gasteiger charge is -2.32. The van der Waals surface area contributed by atoms with Gasteiger partial charge in [0.15, 0.2) is 28.4 Å². The average Bonchev–Trinajstić information content (AvgIpc) is 3.86. The van der Waals surface area contributed by atoms with Gasteiger partial charge in [-0.3, -0.25) is 14.1 Å². The van der Waals surface area contributed by atoms with Crippen molar-refractivity contribution in [3.05, 3.63) is 124 Å². The number of nitrogens with zero attached hydrogens (tertiary/aromatic N) is 3. The van der Waals surface area contributed by atoms with Crippen LogP contribution < -0.4 is 44.3 Å². The number of anilines is 5. The van der Waals surface area contributed by atoms with Crippen molar-refractivity contribution in [3.8, 4) is 23.0 Å². The molecule has 4 aliphatic heterocycles. The third-order valence-corrected chi connectivity index (χ3v) is 14.4. The lowest BCUT2D eigenvalue weighted by molar-refractivity contribution is 0.0264. The highest BCUT2D eigenvalue weighted by molar-refractivity contribution is 7.86. The zero-order valence-electron chi connectivity index (χ0n) is 41.0. The molecule has 3 atom stereocenters. The smallest absolute Gasteiger partial charge is 0.288 e. The first-order valence-electron chi connectivity index (χ1n) is 23.9. The summed E-state index contributed by atoms with van der Waals surface area (Å²) in [7, 11) is -0.0798. The first kappa shape index (κ1) is 50.7. The molecule has 3 N–H and O–H groups in total. The highest BCUT2D eigenvalue weighted by Gasteiger charge is 2.47. The minimum absolute atomic E-state index is 0.0101. The molecule has 0 saturated carbocycles. The molecule has 1 unspecified atom stereocenters. The van der Waals surface area contributed by atoms with Crippen molar-refractivity contribution in [2.75, 3.05) is 99.3 Å². The van der Waals surface area contributed by atoms with Crippen LogP contribution in [-0.2, 0) is 50.4 Å². The fourth-order valence-corrected chi connectivity index (χ4v) is 11.0. The lowest BCUT2D eigenvalue weighted by Crippen LogP contribution is -2.49. The van der Waals surface area contributed by atoms with Gasteiger partial charge in [0, 0.05) is 60.7 Å². The van der Waals surface area contributed by atoms with E-state index in [-0.39, 0.29) is 54.3 Å². The maximum absolute atomic E-state index is 14.3. The standard InChI is InChI=1S/C53H61N5O12S2/c1-53(2,71)32-56(14-15-67-18-19-68-17-16-64-3)37-21-33(30-69-48-27-41-39(25-46(48)65-4)51(59)57-38(29-54-41)23-35-10-6-8-12-43(35)57)20-34(22-37)31-70-49-28-42-40(26-47(49)66-5)52(60)58-44-13-9-7-11-36(44)24-45(58)50(55-42)72(61,62)63/h6-13,20-22,25-28,38,45,50,54-55,71H,14-19,23-24,29-32H2,1-5H3,(H,61,62,63)/t38-,45-,50?/m0/s1. The number of benzene rings is 5. The second kappa shape index (κ2) is 21.5. The van der Waals surface area contributed by atoms with Crippen LogP contribution in [0.5, 0.6) is 23.0 Å². The number of carbonyl (C=O) groups is 2. The number of methoxy groups -OCH3 is 3. The van der Waals surface area contributed by atoms with E-state index >= 15 is 0 Å². The zero-order valence-corrected chi connectivity index (χ0v) is 42.7. The molecule has 5 aromatic carbocycles. The van der Waals surface area contributed by atoms with Crippen LogP contribution in [0.4, 0.5) is 28.4 Å². The molecule has 0 aliphatic carbocycles. The van der Waals surface area contributed by atoms with Crippen LogP contribution in [0.25, 0.3) is 0 Å². The van der Waals surface area contributed by atoms with E-state index in [0.717, 1.165) is 40.0 Å². The van der Waals surface area contributed by atoms with Gasteiger partial charge in [0.05, 0.1) is 81.8 Å². The molecular weight excluding hydrogens is 963 g/mol. The van der Waals surface area contributed by atoms with Crippen molar-refractivity contribution in [3.63, 3.8) is 0 Å². The van der Waals surface area contributed by atoms with E-state index in [0.29, 0.717) is 81.1 Å². The van der Waals surface area contributed by atoms with E-state index in [2.05, 4.69) is 21.6 Å². The number of nitrogens with one attached hydrogen (secondary N) is 2. The van der Waals surface area contributed by atoms with Crippen molar-refractivity contribution in [1.29, 1.82) is 0 Å². The Labute approximate surface area is 425 Å². The number of para-hydroxylation sites is 2. The Hall–Kier alpha value is -6.22. The highest BCUT2D eigenvalue weighted by atomic mass is 32.2. The van der Waals surface area contributed by atoms with Gasteiger partial charge in [-0.2, -0.15) is 21.0 Å². The number of fused-ring (bicyclic) bond motifs is 8. The molecule has 17 nitrogen and oxygen atoms in total. The van der Waals surface area contributed by atoms with Gasteiger partial charge in [-0.1, -0.05) is 36.4 Å². The summed E-state index contributed by atoms with van der Waals surface area (Å²) in [5, 5.41) is 4.95. The summed E-state index contributed by atoms with van der Waals surface area (Å²) in [6.07, 6.45) is 0.971. The van der Waals surface area contributed by atoms with Crippen molar-refractivity contribution < 1.29 is 55.7 Å². The molecule has 5 aromatic rings. The largest absolute Gasteiger partial charge is 0.493 e. The number of rotatable bonds is 21. The van der Waals surface area contributed by atoms with Crippen LogP contribution in [0.2, 0.25) is 0 Å². The van der Waals surface area contributed by atoms with Gasteiger partial charge >= 0.3 is 0 Å². The van der Waals surface area contributed by atoms with Gasteiger partial charge in [-0.25, -0.2) is 0 Å². The van der Waals surface area contributed by atoms with E-state index in [1.807, 2.05) is 73.3 Å². The van der Waals surface area contributed by atoms with Crippen molar-refractivity contribution in [2.24, 2.45) is 0 Å². The third kappa shape index (κ3) is 10.9. The molecule has 382 valence electrons. The van der Waals surface area contributed by atoms with Crippen LogP contribution in [0.3, 0.4) is 0 Å². The van der Waals surface area contributed by atoms with Crippen LogP contribution in [0.1, 0.15) is 56.8 Å². The number of hydrogen-bond acceptors (Lipinski definition) is 15. The topological polar surface area (TPSA) is 187 Å². The number of ether oxygens (including phenoxy) is 7. The van der Waals surface area contributed by atoms with Gasteiger partial charge in [-0.05, 0) is 91.4 Å². The molecule has 4 heterocycles. The Kier molecular flexibility index (Phi) is 15.1. The lowest BCUT2D eigenvalue weighted by atomic mass is 10.1. The molecule has 72 heavy (non-hydrogen) atoms. The SMILES string of the molecule is COCCOCCOCCN(CC(C)(C)S)c1cc(COc2cc3c(cc2OC)C(=O)N2c4ccccc4C[C@H]2CN3)cc(COc2cc3c(cc2OC)C(=O)N2c4ccccc4C[C@H]2C(S(=O)(=O)O)N3)c1. The van der Waals surface area contributed by atoms with Crippen molar-refractivity contribution in [2.45, 2.75) is 62.1 Å². The molecule has 0 saturated heterocycles. The minimum Gasteiger partial charge on any atom is -0.493 e. The van der Waals surface area contributed by atoms with E-state index < -0.39 is 32.2 Å². The fourth-order valence-electron chi connectivity index (χ4n) is 9.93. The summed E-state index contributed by atoms with van der Waals surface area (Å²) >= 11 is 4.92. The molecule has 0 fully saturated rings. The monoisotopic (exact) mass is 1020 g/mol. The number of hydrogen-bond donors (Lipinski definition) is 4. The quantitative estimate of drug-likeness (QED) is 0.0327. The summed E-state index contributed by atoms with van der Waals surface area (Å²) in [4.78, 5) is 34.0. The second-order valence-electron chi connectivity index (χ2n) is 18.8. The molecule has 0 aromatic heterocycles. The second-order valence-corrected chi connectivity index (χ2v) is 21.6. The summed E-state index contributed by atoms with van der Waals surface area (Å²) in [5.74, 6) is 0.758. The van der Waals surface area contributed by atoms with Crippen LogP contribution in [0, 0.1) is 0 Å². The van der Waals surface area contributed by atoms with Gasteiger partial charge in [-0.15, -0.1) is 0 Å². The number of amides is 2. The van der Waals surface area contributed by atoms with E-state index in [4.69, 9.17) is 45.8 Å². The van der Waals surface area contributed by atoms with Crippen molar-refractivity contribution in [1.82, 2.24) is 0 Å². The number of carbonyl (C=O) groups excluding carboxylic acids is 2. The average molecular weight is 1020 g/mol. The molecule has 0 radical (unpaired) electrons. The summed E-state index contributed by atoms with van der Waals surface area (Å²) in [6.45, 7) is 8.02. The van der Waals surface area contributed by atoms with Crippen LogP contribution >= 0.6 is 12.6 Å². The molecule has 4 aliphatic rings. The molecule has 19 heteroatoms. The van der Waals surface area contributed by atoms with Crippen molar-refractivity contribution >= 4 is 63.0 Å². The first-order valence-corrected chi connectivity index (χ1v) is 25.8. The number of thiol groups is 1. The molecule has 0 bridgehead atoms. The highest BCUT2D eigenvalue weighted by Crippen LogP contribution is 2.44. The Morgan fingerprint density at radius 2 is 1.26 bits per heavy atom. The fraction of sp³-hybridized carbons (Fsp3) is 0.396.